The van der Waals surface area contributed by atoms with Crippen molar-refractivity contribution in [3.05, 3.63) is 64.7 Å². The van der Waals surface area contributed by atoms with E-state index in [2.05, 4.69) is 25.8 Å². The number of aromatic nitrogens is 5. The third-order valence-corrected chi connectivity index (χ3v) is 6.85. The van der Waals surface area contributed by atoms with Crippen molar-refractivity contribution in [2.24, 2.45) is 0 Å². The lowest BCUT2D eigenvalue weighted by Gasteiger charge is -2.22. The van der Waals surface area contributed by atoms with Crippen molar-refractivity contribution < 1.29 is 9.59 Å². The Balaban J connectivity index is 1.41. The quantitative estimate of drug-likeness (QED) is 0.481. The lowest BCUT2D eigenvalue weighted by Crippen LogP contribution is -2.40. The number of tetrazole rings is 1. The number of nitrogens with one attached hydrogen (secondary N) is 1. The molecule has 1 atom stereocenters. The van der Waals surface area contributed by atoms with Gasteiger partial charge in [0.15, 0.2) is 0 Å². The molecule has 4 heterocycles. The summed E-state index contributed by atoms with van der Waals surface area (Å²) in [5.41, 5.74) is 0.833. The maximum absolute atomic E-state index is 13.2. The minimum Gasteiger partial charge on any atom is -0.319 e. The maximum atomic E-state index is 13.2. The second-order valence-corrected chi connectivity index (χ2v) is 8.68. The number of urea groups is 1. The second kappa shape index (κ2) is 7.11. The highest BCUT2D eigenvalue weighted by Crippen LogP contribution is 2.32. The number of hydrogen-bond donors (Lipinski definition) is 1. The van der Waals surface area contributed by atoms with Crippen molar-refractivity contribution in [1.82, 2.24) is 35.4 Å². The first-order chi connectivity index (χ1) is 14.5. The van der Waals surface area contributed by atoms with Gasteiger partial charge in [-0.1, -0.05) is 18.2 Å². The van der Waals surface area contributed by atoms with Crippen molar-refractivity contribution >= 4 is 34.6 Å². The van der Waals surface area contributed by atoms with Crippen LogP contribution in [0.1, 0.15) is 18.2 Å². The Morgan fingerprint density at radius 2 is 2.07 bits per heavy atom. The number of amides is 3. The van der Waals surface area contributed by atoms with Crippen LogP contribution >= 0.6 is 22.7 Å². The van der Waals surface area contributed by atoms with Crippen molar-refractivity contribution in [2.45, 2.75) is 19.0 Å². The summed E-state index contributed by atoms with van der Waals surface area (Å²) in [6, 6.07) is 10.7. The van der Waals surface area contributed by atoms with Gasteiger partial charge in [0.05, 0.1) is 22.8 Å². The van der Waals surface area contributed by atoms with Crippen LogP contribution in [0.25, 0.3) is 15.6 Å². The molecule has 1 aliphatic heterocycles. The number of carbonyl (C=O) groups excluding carboxylic acids is 2. The van der Waals surface area contributed by atoms with Crippen LogP contribution in [0, 0.1) is 0 Å². The molecule has 3 aromatic heterocycles. The third kappa shape index (κ3) is 3.08. The molecule has 3 amide bonds. The molecule has 1 aliphatic rings. The fourth-order valence-electron chi connectivity index (χ4n) is 3.33. The van der Waals surface area contributed by atoms with Gasteiger partial charge in [0, 0.05) is 5.38 Å². The molecule has 0 saturated carbocycles. The van der Waals surface area contributed by atoms with Crippen LogP contribution in [0.4, 0.5) is 4.79 Å². The Hall–Kier alpha value is -3.44. The monoisotopic (exact) mass is 437 g/mol. The number of thiophene rings is 1. The predicted molar refractivity (Wildman–Crippen MR) is 111 cm³/mol. The summed E-state index contributed by atoms with van der Waals surface area (Å²) in [4.78, 5) is 32.8. The Labute approximate surface area is 179 Å². The zero-order chi connectivity index (χ0) is 20.7. The Morgan fingerprint density at radius 1 is 1.17 bits per heavy atom. The molecular weight excluding hydrogens is 422 g/mol. The van der Waals surface area contributed by atoms with E-state index in [0.717, 1.165) is 9.88 Å². The van der Waals surface area contributed by atoms with Crippen molar-refractivity contribution in [1.29, 1.82) is 0 Å². The van der Waals surface area contributed by atoms with Gasteiger partial charge in [-0.3, -0.25) is 9.69 Å². The molecule has 0 aliphatic carbocycles. The molecule has 1 aromatic carbocycles. The van der Waals surface area contributed by atoms with Gasteiger partial charge in [0.25, 0.3) is 5.91 Å². The van der Waals surface area contributed by atoms with Crippen LogP contribution in [-0.2, 0) is 16.9 Å². The van der Waals surface area contributed by atoms with Gasteiger partial charge in [0.1, 0.15) is 16.9 Å². The molecule has 1 fully saturated rings. The summed E-state index contributed by atoms with van der Waals surface area (Å²) in [7, 11) is 0. The molecule has 1 unspecified atom stereocenters. The number of imide groups is 1. The molecule has 0 bridgehead atoms. The molecule has 30 heavy (non-hydrogen) atoms. The van der Waals surface area contributed by atoms with Gasteiger partial charge in [-0.15, -0.1) is 27.8 Å². The molecule has 11 heteroatoms. The van der Waals surface area contributed by atoms with Gasteiger partial charge in [0.2, 0.25) is 0 Å². The lowest BCUT2D eigenvalue weighted by molar-refractivity contribution is -0.131. The van der Waals surface area contributed by atoms with Gasteiger partial charge in [-0.2, -0.15) is 0 Å². The Morgan fingerprint density at radius 3 is 2.83 bits per heavy atom. The van der Waals surface area contributed by atoms with Crippen LogP contribution in [0.3, 0.4) is 0 Å². The van der Waals surface area contributed by atoms with E-state index in [-0.39, 0.29) is 12.5 Å². The highest BCUT2D eigenvalue weighted by molar-refractivity contribution is 7.20. The Bertz CT molecular complexity index is 1220. The van der Waals surface area contributed by atoms with Crippen molar-refractivity contribution in [3.8, 4) is 15.6 Å². The molecule has 4 aromatic rings. The van der Waals surface area contributed by atoms with E-state index < -0.39 is 11.6 Å². The molecular formula is C19H15N7O2S2. The van der Waals surface area contributed by atoms with E-state index in [1.807, 2.05) is 29.0 Å². The van der Waals surface area contributed by atoms with E-state index in [1.165, 1.54) is 27.2 Å². The molecule has 150 valence electrons. The van der Waals surface area contributed by atoms with Crippen LogP contribution in [0.2, 0.25) is 0 Å². The van der Waals surface area contributed by atoms with Gasteiger partial charge < -0.3 is 5.32 Å². The largest absolute Gasteiger partial charge is 0.325 e. The SMILES string of the molecule is CC1(c2cccc(-n3cnnn3)c2)NC(=O)N(Cc2csc(-c3cccs3)n2)C1=O. The minimum atomic E-state index is -1.19. The van der Waals surface area contributed by atoms with Crippen LogP contribution in [-0.4, -0.2) is 42.0 Å². The van der Waals surface area contributed by atoms with E-state index in [1.54, 1.807) is 36.5 Å². The summed E-state index contributed by atoms with van der Waals surface area (Å²) in [6.07, 6.45) is 1.47. The van der Waals surface area contributed by atoms with Crippen LogP contribution in [0.15, 0.2) is 53.5 Å². The van der Waals surface area contributed by atoms with Gasteiger partial charge >= 0.3 is 6.03 Å². The smallest absolute Gasteiger partial charge is 0.319 e. The number of rotatable bonds is 5. The lowest BCUT2D eigenvalue weighted by atomic mass is 9.91. The summed E-state index contributed by atoms with van der Waals surface area (Å²) < 4.78 is 1.49. The fourth-order valence-corrected chi connectivity index (χ4v) is 4.96. The second-order valence-electron chi connectivity index (χ2n) is 6.87. The average molecular weight is 438 g/mol. The van der Waals surface area contributed by atoms with Crippen LogP contribution in [0.5, 0.6) is 0 Å². The fraction of sp³-hybridized carbons (Fsp3) is 0.158. The highest BCUT2D eigenvalue weighted by atomic mass is 32.1. The van der Waals surface area contributed by atoms with E-state index >= 15 is 0 Å². The zero-order valence-electron chi connectivity index (χ0n) is 15.7. The molecule has 1 N–H and O–H groups in total. The molecule has 9 nitrogen and oxygen atoms in total. The zero-order valence-corrected chi connectivity index (χ0v) is 17.4. The van der Waals surface area contributed by atoms with E-state index in [9.17, 15) is 9.59 Å². The summed E-state index contributed by atoms with van der Waals surface area (Å²) >= 11 is 3.10. The predicted octanol–water partition coefficient (Wildman–Crippen LogP) is 2.81. The number of nitrogens with zero attached hydrogens (tertiary/aromatic N) is 6. The number of carbonyl (C=O) groups is 2. The van der Waals surface area contributed by atoms with E-state index in [0.29, 0.717) is 16.9 Å². The van der Waals surface area contributed by atoms with Gasteiger partial charge in [-0.05, 0) is 46.5 Å². The summed E-state index contributed by atoms with van der Waals surface area (Å²) in [6.45, 7) is 1.82. The average Bonchev–Trinajstić information content (AvgIpc) is 3.54. The first-order valence-electron chi connectivity index (χ1n) is 9.01. The molecule has 0 spiro atoms. The first-order valence-corrected chi connectivity index (χ1v) is 10.8. The van der Waals surface area contributed by atoms with Crippen molar-refractivity contribution in [3.63, 3.8) is 0 Å². The summed E-state index contributed by atoms with van der Waals surface area (Å²) in [5.74, 6) is -0.327. The highest BCUT2D eigenvalue weighted by Gasteiger charge is 2.49. The van der Waals surface area contributed by atoms with Crippen LogP contribution < -0.4 is 5.32 Å². The molecule has 5 rings (SSSR count). The minimum absolute atomic E-state index is 0.120. The Kier molecular flexibility index (Phi) is 4.40. The maximum Gasteiger partial charge on any atom is 0.325 e. The molecule has 1 saturated heterocycles. The number of benzene rings is 1. The van der Waals surface area contributed by atoms with E-state index in [4.69, 9.17) is 0 Å². The molecule has 0 radical (unpaired) electrons. The number of thiazole rings is 1. The summed E-state index contributed by atoms with van der Waals surface area (Å²) in [5, 5.41) is 18.7. The third-order valence-electron chi connectivity index (χ3n) is 4.92. The standard InChI is InChI=1S/C19H15N7O2S2/c1-19(12-4-2-5-14(8-12)26-11-20-23-24-26)17(27)25(18(28)22-19)9-13-10-30-16(21-13)15-6-3-7-29-15/h2-8,10-11H,9H2,1H3,(H,22,28). The topological polar surface area (TPSA) is 106 Å². The van der Waals surface area contributed by atoms with Crippen molar-refractivity contribution in [2.75, 3.05) is 0 Å². The first kappa shape index (κ1) is 18.6. The number of hydrogen-bond acceptors (Lipinski definition) is 8. The van der Waals surface area contributed by atoms with Gasteiger partial charge in [-0.25, -0.2) is 14.5 Å². The normalized spacial score (nSPS) is 18.8.